The Hall–Kier alpha value is -0.660. The Bertz CT molecular complexity index is 247. The Morgan fingerprint density at radius 2 is 2.00 bits per heavy atom. The number of carbonyl (C=O) groups is 2. The molecule has 0 heterocycles. The summed E-state index contributed by atoms with van der Waals surface area (Å²) in [6.45, 7) is 0. The summed E-state index contributed by atoms with van der Waals surface area (Å²) in [6, 6.07) is 0. The van der Waals surface area contributed by atoms with Crippen molar-refractivity contribution in [3.05, 3.63) is 0 Å². The molecular formula is C12H18O2. The van der Waals surface area contributed by atoms with E-state index in [2.05, 4.69) is 0 Å². The minimum atomic E-state index is 0.0787. The molecule has 2 saturated carbocycles. The summed E-state index contributed by atoms with van der Waals surface area (Å²) in [4.78, 5) is 22.6. The summed E-state index contributed by atoms with van der Waals surface area (Å²) in [6.07, 6.45) is 9.04. The van der Waals surface area contributed by atoms with Gasteiger partial charge in [-0.2, -0.15) is 0 Å². The maximum absolute atomic E-state index is 11.6. The zero-order chi connectivity index (χ0) is 10.0. The first-order valence-corrected chi connectivity index (χ1v) is 5.74. The van der Waals surface area contributed by atoms with Gasteiger partial charge in [0.2, 0.25) is 0 Å². The molecule has 2 heteroatoms. The number of carbonyl (C=O) groups excluding carboxylic acids is 2. The Morgan fingerprint density at radius 3 is 2.79 bits per heavy atom. The van der Waals surface area contributed by atoms with Crippen LogP contribution in [0.3, 0.4) is 0 Å². The van der Waals surface area contributed by atoms with E-state index in [0.717, 1.165) is 51.2 Å². The molecule has 0 saturated heterocycles. The minimum absolute atomic E-state index is 0.0787. The molecule has 1 unspecified atom stereocenters. The highest BCUT2D eigenvalue weighted by atomic mass is 16.1. The van der Waals surface area contributed by atoms with E-state index in [9.17, 15) is 9.59 Å². The predicted molar refractivity (Wildman–Crippen MR) is 53.9 cm³/mol. The van der Waals surface area contributed by atoms with Crippen molar-refractivity contribution in [3.63, 3.8) is 0 Å². The largest absolute Gasteiger partial charge is 0.303 e. The highest BCUT2D eigenvalue weighted by molar-refractivity contribution is 5.80. The SMILES string of the molecule is O=CC1CCC[C@@]12CCCCC(=O)C2. The third kappa shape index (κ3) is 1.62. The van der Waals surface area contributed by atoms with E-state index in [1.807, 2.05) is 0 Å². The molecule has 0 radical (unpaired) electrons. The lowest BCUT2D eigenvalue weighted by Crippen LogP contribution is -2.28. The van der Waals surface area contributed by atoms with Gasteiger partial charge in [-0.05, 0) is 31.1 Å². The normalized spacial score (nSPS) is 38.6. The number of Topliss-reactive ketones (excluding diaryl/α,β-unsaturated/α-hetero) is 1. The van der Waals surface area contributed by atoms with Gasteiger partial charge in [0.1, 0.15) is 12.1 Å². The van der Waals surface area contributed by atoms with Gasteiger partial charge < -0.3 is 4.79 Å². The van der Waals surface area contributed by atoms with Crippen LogP contribution in [0.15, 0.2) is 0 Å². The average molecular weight is 194 g/mol. The van der Waals surface area contributed by atoms with Gasteiger partial charge in [-0.3, -0.25) is 4.79 Å². The predicted octanol–water partition coefficient (Wildman–Crippen LogP) is 2.51. The van der Waals surface area contributed by atoms with Gasteiger partial charge in [0.05, 0.1) is 0 Å². The lowest BCUT2D eigenvalue weighted by Gasteiger charge is -2.30. The number of aldehydes is 1. The van der Waals surface area contributed by atoms with Gasteiger partial charge in [-0.1, -0.05) is 12.8 Å². The van der Waals surface area contributed by atoms with Crippen LogP contribution in [0.2, 0.25) is 0 Å². The number of hydrogen-bond acceptors (Lipinski definition) is 2. The van der Waals surface area contributed by atoms with Crippen LogP contribution < -0.4 is 0 Å². The molecule has 78 valence electrons. The van der Waals surface area contributed by atoms with Crippen LogP contribution in [0.5, 0.6) is 0 Å². The fourth-order valence-electron chi connectivity index (χ4n) is 3.28. The Labute approximate surface area is 85.1 Å². The summed E-state index contributed by atoms with van der Waals surface area (Å²) >= 11 is 0. The van der Waals surface area contributed by atoms with E-state index in [1.165, 1.54) is 0 Å². The molecule has 2 aliphatic carbocycles. The second-order valence-electron chi connectivity index (χ2n) is 4.92. The van der Waals surface area contributed by atoms with Crippen molar-refractivity contribution in [1.82, 2.24) is 0 Å². The summed E-state index contributed by atoms with van der Waals surface area (Å²) in [5.41, 5.74) is 0.0787. The van der Waals surface area contributed by atoms with Crippen molar-refractivity contribution >= 4 is 12.1 Å². The molecule has 0 aromatic carbocycles. The van der Waals surface area contributed by atoms with Crippen molar-refractivity contribution in [2.24, 2.45) is 11.3 Å². The summed E-state index contributed by atoms with van der Waals surface area (Å²) < 4.78 is 0. The first-order valence-electron chi connectivity index (χ1n) is 5.74. The van der Waals surface area contributed by atoms with Crippen molar-refractivity contribution in [1.29, 1.82) is 0 Å². The lowest BCUT2D eigenvalue weighted by atomic mass is 9.72. The molecule has 2 nitrogen and oxygen atoms in total. The molecular weight excluding hydrogens is 176 g/mol. The molecule has 0 N–H and O–H groups in total. The lowest BCUT2D eigenvalue weighted by molar-refractivity contribution is -0.122. The minimum Gasteiger partial charge on any atom is -0.303 e. The van der Waals surface area contributed by atoms with E-state index in [0.29, 0.717) is 12.2 Å². The number of ketones is 1. The van der Waals surface area contributed by atoms with E-state index >= 15 is 0 Å². The van der Waals surface area contributed by atoms with Crippen molar-refractivity contribution in [3.8, 4) is 0 Å². The van der Waals surface area contributed by atoms with E-state index < -0.39 is 0 Å². The second-order valence-corrected chi connectivity index (χ2v) is 4.92. The standard InChI is InChI=1S/C12H18O2/c13-9-10-4-3-7-12(10)6-2-1-5-11(14)8-12/h9-10H,1-8H2/t10?,12-/m1/s1. The van der Waals surface area contributed by atoms with Crippen LogP contribution in [0.4, 0.5) is 0 Å². The highest BCUT2D eigenvalue weighted by Crippen LogP contribution is 2.50. The fourth-order valence-corrected chi connectivity index (χ4v) is 3.28. The molecule has 2 atom stereocenters. The molecule has 0 bridgehead atoms. The quantitative estimate of drug-likeness (QED) is 0.601. The molecule has 1 spiro atoms. The molecule has 2 rings (SSSR count). The first-order chi connectivity index (χ1) is 6.77. The highest BCUT2D eigenvalue weighted by Gasteiger charge is 2.44. The van der Waals surface area contributed by atoms with E-state index in [1.54, 1.807) is 0 Å². The Kier molecular flexibility index (Phi) is 2.71. The monoisotopic (exact) mass is 194 g/mol. The van der Waals surface area contributed by atoms with Crippen molar-refractivity contribution < 1.29 is 9.59 Å². The van der Waals surface area contributed by atoms with Gasteiger partial charge in [0.25, 0.3) is 0 Å². The van der Waals surface area contributed by atoms with Gasteiger partial charge in [0.15, 0.2) is 0 Å². The average Bonchev–Trinajstić information content (AvgIpc) is 2.45. The van der Waals surface area contributed by atoms with Crippen molar-refractivity contribution in [2.45, 2.75) is 51.4 Å². The van der Waals surface area contributed by atoms with Crippen LogP contribution in [0, 0.1) is 11.3 Å². The van der Waals surface area contributed by atoms with Gasteiger partial charge >= 0.3 is 0 Å². The fraction of sp³-hybridized carbons (Fsp3) is 0.833. The first kappa shape index (κ1) is 9.88. The second kappa shape index (κ2) is 3.84. The Balaban J connectivity index is 2.18. The zero-order valence-electron chi connectivity index (χ0n) is 8.63. The van der Waals surface area contributed by atoms with Gasteiger partial charge in [-0.15, -0.1) is 0 Å². The summed E-state index contributed by atoms with van der Waals surface area (Å²) in [5.74, 6) is 0.556. The van der Waals surface area contributed by atoms with E-state index in [-0.39, 0.29) is 11.3 Å². The maximum atomic E-state index is 11.6. The van der Waals surface area contributed by atoms with Crippen LogP contribution in [-0.2, 0) is 9.59 Å². The zero-order valence-corrected chi connectivity index (χ0v) is 8.63. The third-order valence-electron chi connectivity index (χ3n) is 4.07. The third-order valence-corrected chi connectivity index (χ3v) is 4.07. The van der Waals surface area contributed by atoms with Crippen LogP contribution in [-0.4, -0.2) is 12.1 Å². The smallest absolute Gasteiger partial charge is 0.133 e. The van der Waals surface area contributed by atoms with Gasteiger partial charge in [-0.25, -0.2) is 0 Å². The topological polar surface area (TPSA) is 34.1 Å². The summed E-state index contributed by atoms with van der Waals surface area (Å²) in [5, 5.41) is 0. The molecule has 2 fully saturated rings. The van der Waals surface area contributed by atoms with Gasteiger partial charge in [0, 0.05) is 18.8 Å². The number of rotatable bonds is 1. The number of hydrogen-bond donors (Lipinski definition) is 0. The molecule has 0 aliphatic heterocycles. The maximum Gasteiger partial charge on any atom is 0.133 e. The molecule has 2 aliphatic rings. The summed E-state index contributed by atoms with van der Waals surface area (Å²) in [7, 11) is 0. The molecule has 0 amide bonds. The van der Waals surface area contributed by atoms with Crippen LogP contribution in [0.1, 0.15) is 51.4 Å². The molecule has 0 aromatic rings. The van der Waals surface area contributed by atoms with E-state index in [4.69, 9.17) is 0 Å². The van der Waals surface area contributed by atoms with Crippen LogP contribution >= 0.6 is 0 Å². The Morgan fingerprint density at radius 1 is 1.21 bits per heavy atom. The molecule has 14 heavy (non-hydrogen) atoms. The molecule has 0 aromatic heterocycles. The van der Waals surface area contributed by atoms with Crippen LogP contribution in [0.25, 0.3) is 0 Å². The van der Waals surface area contributed by atoms with Crippen molar-refractivity contribution in [2.75, 3.05) is 0 Å².